The SMILES string of the molecule is COC(=O)[C@@H](NC(=O)c1cccc(C)c1F)C(C)C. The van der Waals surface area contributed by atoms with Crippen LogP contribution in [0, 0.1) is 18.7 Å². The number of carbonyl (C=O) groups excluding carboxylic acids is 2. The van der Waals surface area contributed by atoms with Crippen LogP contribution in [0.25, 0.3) is 0 Å². The number of methoxy groups -OCH3 is 1. The first kappa shape index (κ1) is 15.1. The van der Waals surface area contributed by atoms with E-state index >= 15 is 0 Å². The highest BCUT2D eigenvalue weighted by Gasteiger charge is 2.26. The molecule has 0 aliphatic rings. The molecule has 0 bridgehead atoms. The highest BCUT2D eigenvalue weighted by atomic mass is 19.1. The minimum absolute atomic E-state index is 0.0745. The number of esters is 1. The summed E-state index contributed by atoms with van der Waals surface area (Å²) in [6.45, 7) is 5.12. The van der Waals surface area contributed by atoms with Crippen LogP contribution in [0.3, 0.4) is 0 Å². The Hall–Kier alpha value is -1.91. The largest absolute Gasteiger partial charge is 0.467 e. The molecule has 19 heavy (non-hydrogen) atoms. The highest BCUT2D eigenvalue weighted by Crippen LogP contribution is 2.13. The Morgan fingerprint density at radius 2 is 1.95 bits per heavy atom. The van der Waals surface area contributed by atoms with Crippen LogP contribution in [0.2, 0.25) is 0 Å². The molecule has 0 spiro atoms. The standard InChI is InChI=1S/C14H18FNO3/c1-8(2)12(14(18)19-4)16-13(17)10-7-5-6-9(3)11(10)15/h5-8,12H,1-4H3,(H,16,17)/t12-/m0/s1. The second-order valence-electron chi connectivity index (χ2n) is 4.65. The molecular formula is C14H18FNO3. The molecule has 1 aromatic carbocycles. The summed E-state index contributed by atoms with van der Waals surface area (Å²) in [4.78, 5) is 23.5. The van der Waals surface area contributed by atoms with Crippen molar-refractivity contribution in [3.8, 4) is 0 Å². The molecule has 0 radical (unpaired) electrons. The molecule has 1 aromatic rings. The maximum absolute atomic E-state index is 13.8. The van der Waals surface area contributed by atoms with Gasteiger partial charge in [-0.25, -0.2) is 9.18 Å². The maximum atomic E-state index is 13.8. The van der Waals surface area contributed by atoms with Crippen molar-refractivity contribution in [2.24, 2.45) is 5.92 Å². The second-order valence-corrected chi connectivity index (χ2v) is 4.65. The lowest BCUT2D eigenvalue weighted by Gasteiger charge is -2.20. The van der Waals surface area contributed by atoms with Crippen molar-refractivity contribution in [3.05, 3.63) is 35.1 Å². The van der Waals surface area contributed by atoms with Crippen LogP contribution in [0.5, 0.6) is 0 Å². The van der Waals surface area contributed by atoms with Crippen LogP contribution in [-0.2, 0) is 9.53 Å². The average molecular weight is 267 g/mol. The van der Waals surface area contributed by atoms with E-state index in [0.29, 0.717) is 5.56 Å². The number of halogens is 1. The summed E-state index contributed by atoms with van der Waals surface area (Å²) in [6.07, 6.45) is 0. The van der Waals surface area contributed by atoms with Crippen molar-refractivity contribution in [1.82, 2.24) is 5.32 Å². The zero-order valence-corrected chi connectivity index (χ0v) is 11.5. The summed E-state index contributed by atoms with van der Waals surface area (Å²) in [7, 11) is 1.25. The van der Waals surface area contributed by atoms with E-state index < -0.39 is 23.7 Å². The molecule has 104 valence electrons. The zero-order valence-electron chi connectivity index (χ0n) is 11.5. The number of hydrogen-bond donors (Lipinski definition) is 1. The minimum Gasteiger partial charge on any atom is -0.467 e. The van der Waals surface area contributed by atoms with Crippen molar-refractivity contribution >= 4 is 11.9 Å². The first-order valence-electron chi connectivity index (χ1n) is 6.02. The van der Waals surface area contributed by atoms with Gasteiger partial charge in [-0.1, -0.05) is 26.0 Å². The third kappa shape index (κ3) is 3.53. The van der Waals surface area contributed by atoms with Gasteiger partial charge in [0.2, 0.25) is 0 Å². The Bertz CT molecular complexity index is 486. The smallest absolute Gasteiger partial charge is 0.328 e. The number of benzene rings is 1. The van der Waals surface area contributed by atoms with E-state index in [1.165, 1.54) is 13.2 Å². The zero-order chi connectivity index (χ0) is 14.6. The first-order valence-corrected chi connectivity index (χ1v) is 6.02. The Kier molecular flexibility index (Phi) is 5.03. The lowest BCUT2D eigenvalue weighted by Crippen LogP contribution is -2.45. The number of carbonyl (C=O) groups is 2. The molecule has 0 aliphatic carbocycles. The Balaban J connectivity index is 2.94. The molecule has 0 heterocycles. The summed E-state index contributed by atoms with van der Waals surface area (Å²) in [5, 5.41) is 2.50. The summed E-state index contributed by atoms with van der Waals surface area (Å²) in [5.41, 5.74) is 0.307. The summed E-state index contributed by atoms with van der Waals surface area (Å²) in [5.74, 6) is -1.89. The van der Waals surface area contributed by atoms with Crippen molar-refractivity contribution in [1.29, 1.82) is 0 Å². The third-order valence-corrected chi connectivity index (χ3v) is 2.84. The van der Waals surface area contributed by atoms with Crippen LogP contribution in [0.15, 0.2) is 18.2 Å². The lowest BCUT2D eigenvalue weighted by molar-refractivity contribution is -0.144. The van der Waals surface area contributed by atoms with E-state index in [1.807, 2.05) is 0 Å². The van der Waals surface area contributed by atoms with Crippen LogP contribution in [-0.4, -0.2) is 25.0 Å². The van der Waals surface area contributed by atoms with Gasteiger partial charge in [-0.2, -0.15) is 0 Å². The number of hydrogen-bond acceptors (Lipinski definition) is 3. The van der Waals surface area contributed by atoms with E-state index in [0.717, 1.165) is 0 Å². The van der Waals surface area contributed by atoms with Gasteiger partial charge in [0.25, 0.3) is 5.91 Å². The summed E-state index contributed by atoms with van der Waals surface area (Å²) in [6, 6.07) is 3.76. The number of amides is 1. The fraction of sp³-hybridized carbons (Fsp3) is 0.429. The Morgan fingerprint density at radius 3 is 2.47 bits per heavy atom. The molecule has 0 saturated heterocycles. The molecule has 0 unspecified atom stereocenters. The van der Waals surface area contributed by atoms with Crippen LogP contribution in [0.1, 0.15) is 29.8 Å². The molecule has 0 saturated carbocycles. The second kappa shape index (κ2) is 6.31. The molecule has 1 N–H and O–H groups in total. The molecule has 1 atom stereocenters. The molecular weight excluding hydrogens is 249 g/mol. The van der Waals surface area contributed by atoms with Gasteiger partial charge in [0.15, 0.2) is 0 Å². The Labute approximate surface area is 112 Å². The molecule has 1 amide bonds. The van der Waals surface area contributed by atoms with Crippen LogP contribution < -0.4 is 5.32 Å². The van der Waals surface area contributed by atoms with E-state index in [-0.39, 0.29) is 11.5 Å². The molecule has 4 nitrogen and oxygen atoms in total. The van der Waals surface area contributed by atoms with Crippen LogP contribution >= 0.6 is 0 Å². The van der Waals surface area contributed by atoms with Gasteiger partial charge >= 0.3 is 5.97 Å². The predicted octanol–water partition coefficient (Wildman–Crippen LogP) is 2.06. The summed E-state index contributed by atoms with van der Waals surface area (Å²) < 4.78 is 18.4. The molecule has 1 rings (SSSR count). The van der Waals surface area contributed by atoms with Gasteiger partial charge < -0.3 is 10.1 Å². The number of aryl methyl sites for hydroxylation is 1. The first-order chi connectivity index (χ1) is 8.88. The van der Waals surface area contributed by atoms with Crippen LogP contribution in [0.4, 0.5) is 4.39 Å². The molecule has 0 fully saturated rings. The van der Waals surface area contributed by atoms with E-state index in [9.17, 15) is 14.0 Å². The van der Waals surface area contributed by atoms with Gasteiger partial charge in [-0.3, -0.25) is 4.79 Å². The van der Waals surface area contributed by atoms with E-state index in [1.54, 1.807) is 32.9 Å². The third-order valence-electron chi connectivity index (χ3n) is 2.84. The van der Waals surface area contributed by atoms with Gasteiger partial charge in [-0.05, 0) is 24.5 Å². The molecule has 5 heteroatoms. The fourth-order valence-corrected chi connectivity index (χ4v) is 1.67. The topological polar surface area (TPSA) is 55.4 Å². The van der Waals surface area contributed by atoms with Crippen molar-refractivity contribution < 1.29 is 18.7 Å². The normalized spacial score (nSPS) is 12.1. The predicted molar refractivity (Wildman–Crippen MR) is 69.2 cm³/mol. The van der Waals surface area contributed by atoms with Gasteiger partial charge in [0, 0.05) is 0 Å². The maximum Gasteiger partial charge on any atom is 0.328 e. The molecule has 0 aromatic heterocycles. The van der Waals surface area contributed by atoms with E-state index in [2.05, 4.69) is 10.1 Å². The fourth-order valence-electron chi connectivity index (χ4n) is 1.67. The molecule has 0 aliphatic heterocycles. The Morgan fingerprint density at radius 1 is 1.32 bits per heavy atom. The van der Waals surface area contributed by atoms with Gasteiger partial charge in [0.1, 0.15) is 11.9 Å². The van der Waals surface area contributed by atoms with Crippen molar-refractivity contribution in [2.75, 3.05) is 7.11 Å². The number of rotatable bonds is 4. The minimum atomic E-state index is -0.794. The van der Waals surface area contributed by atoms with Crippen molar-refractivity contribution in [2.45, 2.75) is 26.8 Å². The average Bonchev–Trinajstić information content (AvgIpc) is 2.37. The summed E-state index contributed by atoms with van der Waals surface area (Å²) >= 11 is 0. The van der Waals surface area contributed by atoms with Gasteiger partial charge in [-0.15, -0.1) is 0 Å². The van der Waals surface area contributed by atoms with Gasteiger partial charge in [0.05, 0.1) is 12.7 Å². The van der Waals surface area contributed by atoms with E-state index in [4.69, 9.17) is 0 Å². The monoisotopic (exact) mass is 267 g/mol. The number of ether oxygens (including phenoxy) is 1. The quantitative estimate of drug-likeness (QED) is 0.850. The highest BCUT2D eigenvalue weighted by molar-refractivity contribution is 5.97. The lowest BCUT2D eigenvalue weighted by atomic mass is 10.0. The van der Waals surface area contributed by atoms with Crippen molar-refractivity contribution in [3.63, 3.8) is 0 Å². The number of nitrogens with one attached hydrogen (secondary N) is 1.